The number of likely N-dealkylation sites (tertiary alicyclic amines) is 1. The minimum Gasteiger partial charge on any atom is -0.489 e. The minimum absolute atomic E-state index is 0.221. The third-order valence-electron chi connectivity index (χ3n) is 3.78. The molecule has 0 radical (unpaired) electrons. The molecule has 2 aromatic heterocycles. The summed E-state index contributed by atoms with van der Waals surface area (Å²) in [5, 5.41) is 13.6. The van der Waals surface area contributed by atoms with Gasteiger partial charge in [0.2, 0.25) is 5.82 Å². The summed E-state index contributed by atoms with van der Waals surface area (Å²) in [6, 6.07) is 3.38. The molecular weight excluding hydrogens is 300 g/mol. The second-order valence-electron chi connectivity index (χ2n) is 5.65. The highest BCUT2D eigenvalue weighted by molar-refractivity contribution is 5.48. The maximum absolute atomic E-state index is 10.9. The first-order valence-corrected chi connectivity index (χ1v) is 7.76. The van der Waals surface area contributed by atoms with E-state index in [0.29, 0.717) is 18.0 Å². The lowest BCUT2D eigenvalue weighted by atomic mass is 10.1. The fourth-order valence-corrected chi connectivity index (χ4v) is 2.63. The molecule has 0 aromatic carbocycles. The molecule has 1 aliphatic rings. The Morgan fingerprint density at radius 3 is 2.83 bits per heavy atom. The van der Waals surface area contributed by atoms with Crippen LogP contribution >= 0.6 is 0 Å². The van der Waals surface area contributed by atoms with Crippen molar-refractivity contribution in [1.82, 2.24) is 20.0 Å². The molecule has 124 valence electrons. The quantitative estimate of drug-likeness (QED) is 0.805. The number of nitrogens with zero attached hydrogens (tertiary/aromatic N) is 3. The number of rotatable bonds is 6. The Bertz CT molecular complexity index is 661. The Morgan fingerprint density at radius 2 is 2.17 bits per heavy atom. The molecular formula is C15H20N4O4. The van der Waals surface area contributed by atoms with Crippen LogP contribution in [0.1, 0.15) is 19.3 Å². The van der Waals surface area contributed by atoms with E-state index in [1.54, 1.807) is 12.1 Å². The lowest BCUT2D eigenvalue weighted by Crippen LogP contribution is -2.38. The average Bonchev–Trinajstić information content (AvgIpc) is 3.01. The van der Waals surface area contributed by atoms with Gasteiger partial charge in [-0.05, 0) is 38.1 Å². The van der Waals surface area contributed by atoms with Crippen LogP contribution in [0.25, 0.3) is 11.5 Å². The number of hydrogen-bond acceptors (Lipinski definition) is 7. The smallest absolute Gasteiger partial charge is 0.439 e. The monoisotopic (exact) mass is 320 g/mol. The summed E-state index contributed by atoms with van der Waals surface area (Å²) in [6.45, 7) is 2.94. The number of hydrogen-bond donors (Lipinski definition) is 2. The molecule has 0 spiro atoms. The number of aliphatic hydroxyl groups excluding tert-OH is 1. The summed E-state index contributed by atoms with van der Waals surface area (Å²) in [4.78, 5) is 19.7. The van der Waals surface area contributed by atoms with Gasteiger partial charge in [-0.3, -0.25) is 9.51 Å². The highest BCUT2D eigenvalue weighted by atomic mass is 16.5. The van der Waals surface area contributed by atoms with Crippen LogP contribution < -0.4 is 10.5 Å². The van der Waals surface area contributed by atoms with Crippen molar-refractivity contribution >= 4 is 0 Å². The number of aromatic nitrogens is 3. The summed E-state index contributed by atoms with van der Waals surface area (Å²) >= 11 is 0. The third-order valence-corrected chi connectivity index (χ3v) is 3.78. The van der Waals surface area contributed by atoms with Crippen LogP contribution in [-0.4, -0.2) is 57.5 Å². The summed E-state index contributed by atoms with van der Waals surface area (Å²) in [5.74, 6) is 0.201. The number of aliphatic hydroxyl groups is 1. The van der Waals surface area contributed by atoms with Gasteiger partial charge < -0.3 is 14.7 Å². The number of H-pyrrole nitrogens is 1. The van der Waals surface area contributed by atoms with Gasteiger partial charge in [-0.25, -0.2) is 9.78 Å². The lowest BCUT2D eigenvalue weighted by molar-refractivity contribution is 0.0616. The van der Waals surface area contributed by atoms with Crippen LogP contribution in [0.2, 0.25) is 0 Å². The zero-order chi connectivity index (χ0) is 16.1. The van der Waals surface area contributed by atoms with Crippen molar-refractivity contribution in [2.24, 2.45) is 0 Å². The van der Waals surface area contributed by atoms with Crippen LogP contribution in [0.5, 0.6) is 5.75 Å². The molecule has 0 amide bonds. The Hall–Kier alpha value is -2.19. The Kier molecular flexibility index (Phi) is 5.04. The fourth-order valence-electron chi connectivity index (χ4n) is 2.63. The number of ether oxygens (including phenoxy) is 1. The summed E-state index contributed by atoms with van der Waals surface area (Å²) < 4.78 is 9.98. The molecule has 0 saturated carbocycles. The van der Waals surface area contributed by atoms with E-state index in [1.807, 2.05) is 0 Å². The Labute approximate surface area is 133 Å². The summed E-state index contributed by atoms with van der Waals surface area (Å²) in [6.07, 6.45) is 4.67. The van der Waals surface area contributed by atoms with Crippen LogP contribution in [0.15, 0.2) is 27.6 Å². The molecule has 1 aliphatic heterocycles. The highest BCUT2D eigenvalue weighted by Crippen LogP contribution is 2.15. The van der Waals surface area contributed by atoms with Gasteiger partial charge in [0.15, 0.2) is 0 Å². The molecule has 3 heterocycles. The number of β-amino-alcohol motifs (C(OH)–C–C–N with tert-alkyl or cyclic N) is 1. The largest absolute Gasteiger partial charge is 0.489 e. The minimum atomic E-state index is -0.622. The molecule has 1 saturated heterocycles. The molecule has 2 N–H and O–H groups in total. The summed E-state index contributed by atoms with van der Waals surface area (Å²) in [5.41, 5.74) is 0.483. The van der Waals surface area contributed by atoms with E-state index in [1.165, 1.54) is 25.5 Å². The zero-order valence-corrected chi connectivity index (χ0v) is 12.8. The van der Waals surface area contributed by atoms with E-state index in [-0.39, 0.29) is 12.4 Å². The van der Waals surface area contributed by atoms with E-state index >= 15 is 0 Å². The van der Waals surface area contributed by atoms with Gasteiger partial charge in [0.1, 0.15) is 24.2 Å². The molecule has 2 aromatic rings. The predicted octanol–water partition coefficient (Wildman–Crippen LogP) is 0.650. The van der Waals surface area contributed by atoms with Gasteiger partial charge in [0.05, 0.1) is 6.20 Å². The van der Waals surface area contributed by atoms with Gasteiger partial charge in [-0.1, -0.05) is 11.6 Å². The fraction of sp³-hybridized carbons (Fsp3) is 0.533. The van der Waals surface area contributed by atoms with E-state index < -0.39 is 11.9 Å². The maximum atomic E-state index is 10.9. The van der Waals surface area contributed by atoms with Gasteiger partial charge >= 0.3 is 5.76 Å². The van der Waals surface area contributed by atoms with E-state index in [0.717, 1.165) is 13.1 Å². The van der Waals surface area contributed by atoms with Crippen molar-refractivity contribution in [1.29, 1.82) is 0 Å². The number of aromatic amines is 1. The molecule has 23 heavy (non-hydrogen) atoms. The van der Waals surface area contributed by atoms with Crippen LogP contribution in [-0.2, 0) is 0 Å². The second-order valence-corrected chi connectivity index (χ2v) is 5.65. The van der Waals surface area contributed by atoms with Crippen LogP contribution in [0, 0.1) is 0 Å². The van der Waals surface area contributed by atoms with Gasteiger partial charge in [-0.15, -0.1) is 0 Å². The third kappa shape index (κ3) is 4.40. The molecule has 0 bridgehead atoms. The van der Waals surface area contributed by atoms with Crippen molar-refractivity contribution in [2.45, 2.75) is 25.4 Å². The van der Waals surface area contributed by atoms with E-state index in [4.69, 9.17) is 4.74 Å². The molecule has 8 nitrogen and oxygen atoms in total. The summed E-state index contributed by atoms with van der Waals surface area (Å²) in [7, 11) is 0. The standard InChI is InChI=1S/C15H20N4O4/c20-11(9-19-6-2-1-3-7-19)10-22-12-4-5-13(16-8-12)14-17-15(21)23-18-14/h4-5,8,11,20H,1-3,6-7,9-10H2,(H,17,18,21). The zero-order valence-electron chi connectivity index (χ0n) is 12.8. The first-order chi connectivity index (χ1) is 11.2. The Balaban J connectivity index is 1.49. The molecule has 8 heteroatoms. The molecule has 3 rings (SSSR count). The van der Waals surface area contributed by atoms with Crippen molar-refractivity contribution in [3.8, 4) is 17.3 Å². The van der Waals surface area contributed by atoms with Gasteiger partial charge in [0.25, 0.3) is 0 Å². The van der Waals surface area contributed by atoms with Crippen LogP contribution in [0.4, 0.5) is 0 Å². The van der Waals surface area contributed by atoms with Crippen molar-refractivity contribution in [3.63, 3.8) is 0 Å². The van der Waals surface area contributed by atoms with Gasteiger partial charge in [0, 0.05) is 6.54 Å². The maximum Gasteiger partial charge on any atom is 0.439 e. The molecule has 0 aliphatic carbocycles. The number of nitrogens with one attached hydrogen (secondary N) is 1. The first-order valence-electron chi connectivity index (χ1n) is 7.76. The average molecular weight is 320 g/mol. The van der Waals surface area contributed by atoms with Gasteiger partial charge in [-0.2, -0.15) is 0 Å². The van der Waals surface area contributed by atoms with E-state index in [9.17, 15) is 9.90 Å². The highest BCUT2D eigenvalue weighted by Gasteiger charge is 2.15. The second kappa shape index (κ2) is 7.38. The first kappa shape index (κ1) is 15.7. The molecule has 1 unspecified atom stereocenters. The van der Waals surface area contributed by atoms with E-state index in [2.05, 4.69) is 24.5 Å². The SMILES string of the molecule is O=c1[nH]c(-c2ccc(OCC(O)CN3CCCCC3)cn2)no1. The predicted molar refractivity (Wildman–Crippen MR) is 82.1 cm³/mol. The number of pyridine rings is 1. The normalized spacial score (nSPS) is 17.1. The van der Waals surface area contributed by atoms with Crippen LogP contribution in [0.3, 0.4) is 0 Å². The van der Waals surface area contributed by atoms with Crippen molar-refractivity contribution in [3.05, 3.63) is 28.9 Å². The lowest BCUT2D eigenvalue weighted by Gasteiger charge is -2.28. The topological polar surface area (TPSA) is 104 Å². The van der Waals surface area contributed by atoms with Crippen molar-refractivity contribution < 1.29 is 14.4 Å². The molecule has 1 atom stereocenters. The Morgan fingerprint density at radius 1 is 1.35 bits per heavy atom. The molecule has 1 fully saturated rings. The number of piperidine rings is 1. The van der Waals surface area contributed by atoms with Crippen molar-refractivity contribution in [2.75, 3.05) is 26.2 Å².